The van der Waals surface area contributed by atoms with E-state index in [0.29, 0.717) is 4.47 Å². The molecule has 0 spiro atoms. The monoisotopic (exact) mass is 301 g/mol. The van der Waals surface area contributed by atoms with E-state index in [1.54, 1.807) is 6.07 Å². The van der Waals surface area contributed by atoms with Crippen LogP contribution < -0.4 is 5.73 Å². The summed E-state index contributed by atoms with van der Waals surface area (Å²) >= 11 is 3.28. The van der Waals surface area contributed by atoms with Crippen LogP contribution in [0, 0.1) is 11.2 Å². The van der Waals surface area contributed by atoms with E-state index in [2.05, 4.69) is 36.7 Å². The van der Waals surface area contributed by atoms with Gasteiger partial charge in [-0.25, -0.2) is 4.39 Å². The molecule has 0 heterocycles. The summed E-state index contributed by atoms with van der Waals surface area (Å²) in [5.74, 6) is -0.192. The largest absolute Gasteiger partial charge is 0.327 e. The molecule has 1 atom stereocenters. The second-order valence-electron chi connectivity index (χ2n) is 5.58. The van der Waals surface area contributed by atoms with Crippen molar-refractivity contribution in [3.8, 4) is 0 Å². The van der Waals surface area contributed by atoms with Crippen LogP contribution in [0.2, 0.25) is 0 Å². The van der Waals surface area contributed by atoms with Crippen molar-refractivity contribution in [2.75, 3.05) is 0 Å². The molecule has 0 bridgehead atoms. The molecule has 96 valence electrons. The highest BCUT2D eigenvalue weighted by atomic mass is 79.9. The molecule has 0 aromatic heterocycles. The van der Waals surface area contributed by atoms with E-state index in [0.717, 1.165) is 24.8 Å². The van der Waals surface area contributed by atoms with Gasteiger partial charge in [-0.15, -0.1) is 0 Å². The van der Waals surface area contributed by atoms with E-state index in [1.807, 2.05) is 6.07 Å². The Morgan fingerprint density at radius 3 is 2.59 bits per heavy atom. The topological polar surface area (TPSA) is 26.0 Å². The van der Waals surface area contributed by atoms with Gasteiger partial charge in [0.2, 0.25) is 0 Å². The minimum absolute atomic E-state index is 0.138. The molecule has 1 aromatic rings. The Hall–Kier alpha value is -0.410. The highest BCUT2D eigenvalue weighted by Gasteiger charge is 2.19. The normalized spacial score (nSPS) is 13.8. The molecule has 2 N–H and O–H groups in total. The van der Waals surface area contributed by atoms with Crippen molar-refractivity contribution in [1.29, 1.82) is 0 Å². The van der Waals surface area contributed by atoms with Crippen LogP contribution in [0.25, 0.3) is 0 Å². The number of rotatable bonds is 4. The summed E-state index contributed by atoms with van der Waals surface area (Å²) < 4.78 is 13.9. The van der Waals surface area contributed by atoms with E-state index < -0.39 is 0 Å². The number of nitrogens with two attached hydrogens (primary N) is 1. The van der Waals surface area contributed by atoms with Crippen LogP contribution in [0.5, 0.6) is 0 Å². The summed E-state index contributed by atoms with van der Waals surface area (Å²) in [5.41, 5.74) is 7.25. The molecule has 0 aliphatic carbocycles. The molecule has 0 radical (unpaired) electrons. The molecule has 17 heavy (non-hydrogen) atoms. The van der Waals surface area contributed by atoms with Crippen LogP contribution in [0.3, 0.4) is 0 Å². The highest BCUT2D eigenvalue weighted by molar-refractivity contribution is 9.10. The minimum atomic E-state index is -0.192. The van der Waals surface area contributed by atoms with Crippen LogP contribution in [-0.2, 0) is 6.42 Å². The van der Waals surface area contributed by atoms with Gasteiger partial charge in [-0.3, -0.25) is 0 Å². The van der Waals surface area contributed by atoms with Gasteiger partial charge in [-0.2, -0.15) is 0 Å². The van der Waals surface area contributed by atoms with E-state index in [9.17, 15) is 4.39 Å². The second-order valence-corrected chi connectivity index (χ2v) is 6.37. The Balaban J connectivity index is 2.49. The quantitative estimate of drug-likeness (QED) is 0.882. The van der Waals surface area contributed by atoms with Crippen molar-refractivity contribution >= 4 is 15.9 Å². The number of hydrogen-bond acceptors (Lipinski definition) is 1. The predicted molar refractivity (Wildman–Crippen MR) is 74.5 cm³/mol. The zero-order valence-corrected chi connectivity index (χ0v) is 12.3. The third-order valence-electron chi connectivity index (χ3n) is 3.11. The fourth-order valence-electron chi connectivity index (χ4n) is 1.69. The van der Waals surface area contributed by atoms with Crippen LogP contribution in [0.15, 0.2) is 22.7 Å². The third kappa shape index (κ3) is 4.40. The lowest BCUT2D eigenvalue weighted by Crippen LogP contribution is -2.34. The lowest BCUT2D eigenvalue weighted by Gasteiger charge is -2.27. The Morgan fingerprint density at radius 1 is 1.35 bits per heavy atom. The maximum absolute atomic E-state index is 13.3. The standard InChI is InChI=1S/C14H21BrFN/c1-14(2,3)12(17)9-5-7-10-6-4-8-11(16)13(10)15/h4,6,8,12H,5,7,9,17H2,1-3H3. The first-order valence-corrected chi connectivity index (χ1v) is 6.80. The summed E-state index contributed by atoms with van der Waals surface area (Å²) in [6.45, 7) is 6.45. The highest BCUT2D eigenvalue weighted by Crippen LogP contribution is 2.24. The van der Waals surface area contributed by atoms with Crippen LogP contribution in [0.4, 0.5) is 4.39 Å². The summed E-state index contributed by atoms with van der Waals surface area (Å²) in [4.78, 5) is 0. The van der Waals surface area contributed by atoms with Crippen LogP contribution in [-0.4, -0.2) is 6.04 Å². The number of hydrogen-bond donors (Lipinski definition) is 1. The van der Waals surface area contributed by atoms with Gasteiger partial charge in [0.1, 0.15) is 5.82 Å². The van der Waals surface area contributed by atoms with Crippen molar-refractivity contribution < 1.29 is 4.39 Å². The Labute approximate surface area is 112 Å². The zero-order valence-electron chi connectivity index (χ0n) is 10.8. The van der Waals surface area contributed by atoms with Gasteiger partial charge in [0.05, 0.1) is 4.47 Å². The average Bonchev–Trinajstić information content (AvgIpc) is 2.22. The smallest absolute Gasteiger partial charge is 0.137 e. The molecule has 0 aliphatic rings. The third-order valence-corrected chi connectivity index (χ3v) is 3.99. The number of benzene rings is 1. The van der Waals surface area contributed by atoms with Crippen molar-refractivity contribution in [1.82, 2.24) is 0 Å². The summed E-state index contributed by atoms with van der Waals surface area (Å²) in [7, 11) is 0. The van der Waals surface area contributed by atoms with Gasteiger partial charge in [0.15, 0.2) is 0 Å². The van der Waals surface area contributed by atoms with E-state index in [-0.39, 0.29) is 17.3 Å². The summed E-state index contributed by atoms with van der Waals surface area (Å²) in [5, 5.41) is 0. The first kappa shape index (κ1) is 14.7. The van der Waals surface area contributed by atoms with E-state index >= 15 is 0 Å². The molecule has 0 saturated heterocycles. The number of aryl methyl sites for hydroxylation is 1. The first-order valence-electron chi connectivity index (χ1n) is 6.01. The average molecular weight is 302 g/mol. The van der Waals surface area contributed by atoms with Crippen molar-refractivity contribution in [3.05, 3.63) is 34.1 Å². The van der Waals surface area contributed by atoms with E-state index in [4.69, 9.17) is 5.73 Å². The van der Waals surface area contributed by atoms with Crippen molar-refractivity contribution in [2.45, 2.75) is 46.1 Å². The summed E-state index contributed by atoms with van der Waals surface area (Å²) in [6.07, 6.45) is 2.81. The van der Waals surface area contributed by atoms with Crippen molar-refractivity contribution in [3.63, 3.8) is 0 Å². The first-order chi connectivity index (χ1) is 7.82. The SMILES string of the molecule is CC(C)(C)C(N)CCCc1cccc(F)c1Br. The Morgan fingerprint density at radius 2 is 2.00 bits per heavy atom. The van der Waals surface area contributed by atoms with Crippen molar-refractivity contribution in [2.24, 2.45) is 11.1 Å². The Bertz CT molecular complexity index is 371. The number of halogens is 2. The maximum Gasteiger partial charge on any atom is 0.137 e. The van der Waals surface area contributed by atoms with E-state index in [1.165, 1.54) is 6.07 Å². The van der Waals surface area contributed by atoms with Gasteiger partial charge >= 0.3 is 0 Å². The maximum atomic E-state index is 13.3. The molecular formula is C14H21BrFN. The lowest BCUT2D eigenvalue weighted by molar-refractivity contribution is 0.301. The molecule has 0 saturated carbocycles. The molecular weight excluding hydrogens is 281 g/mol. The predicted octanol–water partition coefficient (Wildman–Crippen LogP) is 4.28. The van der Waals surface area contributed by atoms with Gasteiger partial charge in [-0.05, 0) is 52.2 Å². The molecule has 1 unspecified atom stereocenters. The molecule has 1 nitrogen and oxygen atoms in total. The summed E-state index contributed by atoms with van der Waals surface area (Å²) in [6, 6.07) is 5.36. The Kier molecular flexibility index (Phi) is 5.14. The lowest BCUT2D eigenvalue weighted by atomic mass is 9.84. The molecule has 3 heteroatoms. The fourth-order valence-corrected chi connectivity index (χ4v) is 2.15. The van der Waals surface area contributed by atoms with Crippen LogP contribution in [0.1, 0.15) is 39.2 Å². The second kappa shape index (κ2) is 5.96. The van der Waals surface area contributed by atoms with Gasteiger partial charge in [0.25, 0.3) is 0 Å². The fraction of sp³-hybridized carbons (Fsp3) is 0.571. The van der Waals surface area contributed by atoms with Gasteiger partial charge in [-0.1, -0.05) is 32.9 Å². The molecule has 0 fully saturated rings. The molecule has 0 aliphatic heterocycles. The molecule has 0 amide bonds. The molecule has 1 rings (SSSR count). The van der Waals surface area contributed by atoms with Gasteiger partial charge < -0.3 is 5.73 Å². The minimum Gasteiger partial charge on any atom is -0.327 e. The van der Waals surface area contributed by atoms with Crippen LogP contribution >= 0.6 is 15.9 Å². The van der Waals surface area contributed by atoms with Gasteiger partial charge in [0, 0.05) is 6.04 Å². The molecule has 1 aromatic carbocycles. The zero-order chi connectivity index (χ0) is 13.1.